The second kappa shape index (κ2) is 9.55. The molecule has 1 aromatic carbocycles. The van der Waals surface area contributed by atoms with Crippen molar-refractivity contribution in [1.82, 2.24) is 4.72 Å². The summed E-state index contributed by atoms with van der Waals surface area (Å²) in [5.41, 5.74) is 5.64. The van der Waals surface area contributed by atoms with Crippen molar-refractivity contribution in [3.05, 3.63) is 46.7 Å². The lowest BCUT2D eigenvalue weighted by Crippen LogP contribution is -2.45. The lowest BCUT2D eigenvalue weighted by Gasteiger charge is -2.37. The number of nitrogens with one attached hydrogen (secondary N) is 1. The minimum absolute atomic E-state index is 0.0591. The Bertz CT molecular complexity index is 822. The van der Waals surface area contributed by atoms with E-state index in [0.717, 1.165) is 23.1 Å². The molecule has 1 atom stereocenters. The predicted octanol–water partition coefficient (Wildman–Crippen LogP) is 5.40. The topological polar surface area (TPSA) is 55.4 Å². The molecule has 6 heteroatoms. The van der Waals surface area contributed by atoms with Crippen molar-refractivity contribution in [3.63, 3.8) is 0 Å². The molecule has 0 aliphatic rings. The standard InChI is InChI=1S/C22H37NO3SSi/c1-10-11-12-13-20(16-26-28(8,9)22(5,6)7)23-27(24,25)21-18(3)14-17(2)15-19(21)4/h11,13-15,20,23H,10,16H2,1-9H3/t12?,20-/m1/s1. The van der Waals surface area contributed by atoms with E-state index in [1.165, 1.54) is 0 Å². The van der Waals surface area contributed by atoms with Crippen molar-refractivity contribution < 1.29 is 12.8 Å². The van der Waals surface area contributed by atoms with Gasteiger partial charge in [0.25, 0.3) is 0 Å². The Balaban J connectivity index is 3.18. The first kappa shape index (κ1) is 24.9. The fourth-order valence-corrected chi connectivity index (χ4v) is 5.43. The molecule has 1 N–H and O–H groups in total. The molecule has 0 fully saturated rings. The monoisotopic (exact) mass is 423 g/mol. The van der Waals surface area contributed by atoms with Gasteiger partial charge in [0.2, 0.25) is 10.0 Å². The molecule has 0 saturated carbocycles. The highest BCUT2D eigenvalue weighted by Gasteiger charge is 2.37. The average Bonchev–Trinajstić information content (AvgIpc) is 2.50. The lowest BCUT2D eigenvalue weighted by atomic mass is 10.1. The van der Waals surface area contributed by atoms with Crippen molar-refractivity contribution in [2.75, 3.05) is 6.61 Å². The summed E-state index contributed by atoms with van der Waals surface area (Å²) in [5.74, 6) is 0. The van der Waals surface area contributed by atoms with Crippen LogP contribution in [0.5, 0.6) is 0 Å². The SMILES string of the molecule is CCC=C=C[C@H](CO[Si](C)(C)C(C)(C)C)NS(=O)(=O)c1c(C)cc(C)cc1C. The minimum Gasteiger partial charge on any atom is -0.415 e. The summed E-state index contributed by atoms with van der Waals surface area (Å²) in [6.45, 7) is 18.8. The van der Waals surface area contributed by atoms with E-state index in [2.05, 4.69) is 44.3 Å². The third-order valence-electron chi connectivity index (χ3n) is 5.23. The van der Waals surface area contributed by atoms with Gasteiger partial charge in [0.15, 0.2) is 8.32 Å². The molecule has 0 amide bonds. The number of hydrogen-bond donors (Lipinski definition) is 1. The summed E-state index contributed by atoms with van der Waals surface area (Å²) in [6.07, 6.45) is 4.48. The lowest BCUT2D eigenvalue weighted by molar-refractivity contribution is 0.272. The van der Waals surface area contributed by atoms with Crippen molar-refractivity contribution in [1.29, 1.82) is 0 Å². The van der Waals surface area contributed by atoms with Gasteiger partial charge in [-0.25, -0.2) is 13.1 Å². The first-order valence-corrected chi connectivity index (χ1v) is 14.3. The van der Waals surface area contributed by atoms with E-state index in [9.17, 15) is 8.42 Å². The van der Waals surface area contributed by atoms with Gasteiger partial charge in [0, 0.05) is 0 Å². The number of aryl methyl sites for hydroxylation is 3. The van der Waals surface area contributed by atoms with Crippen molar-refractivity contribution >= 4 is 18.3 Å². The number of sulfonamides is 1. The molecular formula is C22H37NO3SSi. The van der Waals surface area contributed by atoms with Gasteiger partial charge in [0.1, 0.15) is 0 Å². The molecule has 0 bridgehead atoms. The Labute approximate surface area is 173 Å². The van der Waals surface area contributed by atoms with E-state index in [0.29, 0.717) is 11.5 Å². The number of rotatable bonds is 8. The summed E-state index contributed by atoms with van der Waals surface area (Å²) < 4.78 is 35.4. The molecule has 4 nitrogen and oxygen atoms in total. The molecule has 1 rings (SSSR count). The third kappa shape index (κ3) is 6.71. The maximum atomic E-state index is 13.1. The van der Waals surface area contributed by atoms with Crippen molar-refractivity contribution in [2.24, 2.45) is 0 Å². The molecule has 0 saturated heterocycles. The van der Waals surface area contributed by atoms with E-state index < -0.39 is 24.4 Å². The fraction of sp³-hybridized carbons (Fsp3) is 0.591. The van der Waals surface area contributed by atoms with Gasteiger partial charge in [0.05, 0.1) is 17.5 Å². The summed E-state index contributed by atoms with van der Waals surface area (Å²) >= 11 is 0. The van der Waals surface area contributed by atoms with Gasteiger partial charge in [-0.2, -0.15) is 0 Å². The van der Waals surface area contributed by atoms with Crippen LogP contribution in [0.3, 0.4) is 0 Å². The minimum atomic E-state index is -3.68. The van der Waals surface area contributed by atoms with Gasteiger partial charge in [-0.1, -0.05) is 45.4 Å². The van der Waals surface area contributed by atoms with E-state index in [1.807, 2.05) is 45.9 Å². The Morgan fingerprint density at radius 1 is 1.18 bits per heavy atom. The fourth-order valence-electron chi connectivity index (χ4n) is 2.78. The van der Waals surface area contributed by atoms with E-state index >= 15 is 0 Å². The molecule has 0 spiro atoms. The van der Waals surface area contributed by atoms with Crippen LogP contribution in [-0.2, 0) is 14.4 Å². The van der Waals surface area contributed by atoms with Gasteiger partial charge >= 0.3 is 0 Å². The highest BCUT2D eigenvalue weighted by atomic mass is 32.2. The highest BCUT2D eigenvalue weighted by Crippen LogP contribution is 2.36. The zero-order valence-corrected chi connectivity index (χ0v) is 20.8. The van der Waals surface area contributed by atoms with Crippen LogP contribution in [0.25, 0.3) is 0 Å². The van der Waals surface area contributed by atoms with Crippen molar-refractivity contribution in [2.45, 2.75) is 84.0 Å². The Morgan fingerprint density at radius 3 is 2.18 bits per heavy atom. The van der Waals surface area contributed by atoms with E-state index in [4.69, 9.17) is 4.43 Å². The Kier molecular flexibility index (Phi) is 8.48. The van der Waals surface area contributed by atoms with E-state index in [1.54, 1.807) is 6.08 Å². The molecular weight excluding hydrogens is 386 g/mol. The van der Waals surface area contributed by atoms with Crippen LogP contribution in [0, 0.1) is 20.8 Å². The van der Waals surface area contributed by atoms with Crippen molar-refractivity contribution in [3.8, 4) is 0 Å². The quantitative estimate of drug-likeness (QED) is 0.450. The van der Waals surface area contributed by atoms with Gasteiger partial charge in [-0.3, -0.25) is 0 Å². The molecule has 0 aliphatic heterocycles. The van der Waals surface area contributed by atoms with E-state index in [-0.39, 0.29) is 5.04 Å². The van der Waals surface area contributed by atoms with Crippen LogP contribution in [0.15, 0.2) is 34.9 Å². The third-order valence-corrected chi connectivity index (χ3v) is 11.5. The molecule has 28 heavy (non-hydrogen) atoms. The molecule has 158 valence electrons. The molecule has 1 aromatic rings. The number of hydrogen-bond acceptors (Lipinski definition) is 3. The molecule has 0 unspecified atom stereocenters. The van der Waals surface area contributed by atoms with Crippen LogP contribution < -0.4 is 4.72 Å². The normalized spacial score (nSPS) is 13.8. The van der Waals surface area contributed by atoms with Gasteiger partial charge in [-0.15, -0.1) is 5.73 Å². The predicted molar refractivity (Wildman–Crippen MR) is 121 cm³/mol. The first-order chi connectivity index (χ1) is 12.7. The van der Waals surface area contributed by atoms with Crippen LogP contribution in [0.2, 0.25) is 18.1 Å². The van der Waals surface area contributed by atoms with Crippen LogP contribution in [0.4, 0.5) is 0 Å². The second-order valence-electron chi connectivity index (χ2n) is 8.97. The zero-order valence-electron chi connectivity index (χ0n) is 18.9. The maximum absolute atomic E-state index is 13.1. The Morgan fingerprint density at radius 2 is 1.71 bits per heavy atom. The molecule has 0 aliphatic carbocycles. The first-order valence-electron chi connectivity index (χ1n) is 9.86. The largest absolute Gasteiger partial charge is 0.415 e. The highest BCUT2D eigenvalue weighted by molar-refractivity contribution is 7.89. The maximum Gasteiger partial charge on any atom is 0.241 e. The van der Waals surface area contributed by atoms with Gasteiger partial charge < -0.3 is 4.43 Å². The van der Waals surface area contributed by atoms with Crippen LogP contribution in [-0.4, -0.2) is 29.4 Å². The molecule has 0 radical (unpaired) electrons. The summed E-state index contributed by atoms with van der Waals surface area (Å²) in [7, 11) is -5.67. The smallest absolute Gasteiger partial charge is 0.241 e. The average molecular weight is 424 g/mol. The van der Waals surface area contributed by atoms with Crippen LogP contribution in [0.1, 0.15) is 50.8 Å². The Hall–Kier alpha value is -1.17. The zero-order chi connectivity index (χ0) is 21.8. The summed E-state index contributed by atoms with van der Waals surface area (Å²) in [6, 6.07) is 3.33. The van der Waals surface area contributed by atoms with Gasteiger partial charge in [-0.05, 0) is 68.6 Å². The molecule has 0 aromatic heterocycles. The second-order valence-corrected chi connectivity index (χ2v) is 15.4. The number of benzene rings is 1. The summed E-state index contributed by atoms with van der Waals surface area (Å²) in [4.78, 5) is 0.350. The van der Waals surface area contributed by atoms with Crippen LogP contribution >= 0.6 is 0 Å². The molecule has 0 heterocycles. The summed E-state index contributed by atoms with van der Waals surface area (Å²) in [5, 5.41) is 0.0591.